The van der Waals surface area contributed by atoms with Gasteiger partial charge in [0.1, 0.15) is 5.75 Å². The number of unbranched alkanes of at least 4 members (excludes halogenated alkanes) is 1. The van der Waals surface area contributed by atoms with Crippen LogP contribution in [0.4, 0.5) is 5.69 Å². The highest BCUT2D eigenvalue weighted by molar-refractivity contribution is 5.82. The van der Waals surface area contributed by atoms with Crippen molar-refractivity contribution in [3.8, 4) is 5.75 Å². The van der Waals surface area contributed by atoms with E-state index in [0.717, 1.165) is 36.6 Å². The maximum atomic E-state index is 5.56. The van der Waals surface area contributed by atoms with Crippen LogP contribution in [0.1, 0.15) is 33.6 Å². The summed E-state index contributed by atoms with van der Waals surface area (Å²) in [5, 5.41) is 0. The van der Waals surface area contributed by atoms with Crippen molar-refractivity contribution in [2.75, 3.05) is 6.61 Å². The molecule has 15 heavy (non-hydrogen) atoms. The predicted octanol–water partition coefficient (Wildman–Crippen LogP) is 3.98. The Morgan fingerprint density at radius 1 is 1.20 bits per heavy atom. The van der Waals surface area contributed by atoms with Gasteiger partial charge in [-0.15, -0.1) is 0 Å². The van der Waals surface area contributed by atoms with Crippen LogP contribution in [0.5, 0.6) is 5.75 Å². The van der Waals surface area contributed by atoms with Gasteiger partial charge in [0.15, 0.2) is 0 Å². The summed E-state index contributed by atoms with van der Waals surface area (Å²) in [6.07, 6.45) is 2.27. The maximum Gasteiger partial charge on any atom is 0.119 e. The molecule has 0 fully saturated rings. The molecule has 0 aromatic heterocycles. The molecule has 1 aromatic carbocycles. The van der Waals surface area contributed by atoms with Crippen LogP contribution < -0.4 is 4.74 Å². The van der Waals surface area contributed by atoms with Crippen molar-refractivity contribution in [1.82, 2.24) is 0 Å². The van der Waals surface area contributed by atoms with Crippen LogP contribution in [0.2, 0.25) is 0 Å². The van der Waals surface area contributed by atoms with Gasteiger partial charge in [0.25, 0.3) is 0 Å². The van der Waals surface area contributed by atoms with E-state index in [1.807, 2.05) is 38.1 Å². The third-order valence-electron chi connectivity index (χ3n) is 1.96. The number of hydrogen-bond acceptors (Lipinski definition) is 2. The first-order valence-electron chi connectivity index (χ1n) is 5.47. The standard InChI is InChI=1S/C13H19NO/c1-4-5-10-15-13-8-6-12(7-9-13)14-11(2)3/h6-9H,4-5,10H2,1-3H3. The minimum Gasteiger partial charge on any atom is -0.494 e. The van der Waals surface area contributed by atoms with Crippen LogP contribution in [0.15, 0.2) is 29.3 Å². The van der Waals surface area contributed by atoms with E-state index in [-0.39, 0.29) is 0 Å². The van der Waals surface area contributed by atoms with Gasteiger partial charge < -0.3 is 4.74 Å². The predicted molar refractivity (Wildman–Crippen MR) is 65.3 cm³/mol. The molecule has 0 saturated carbocycles. The third-order valence-corrected chi connectivity index (χ3v) is 1.96. The molecule has 1 aromatic rings. The molecule has 0 bridgehead atoms. The van der Waals surface area contributed by atoms with Crippen LogP contribution in [0, 0.1) is 0 Å². The van der Waals surface area contributed by atoms with Crippen LogP contribution in [0.3, 0.4) is 0 Å². The molecule has 0 heterocycles. The summed E-state index contributed by atoms with van der Waals surface area (Å²) in [6.45, 7) is 6.94. The highest BCUT2D eigenvalue weighted by Gasteiger charge is 1.93. The molecule has 0 spiro atoms. The minimum absolute atomic E-state index is 0.798. The molecule has 0 aliphatic rings. The van der Waals surface area contributed by atoms with E-state index < -0.39 is 0 Å². The van der Waals surface area contributed by atoms with Gasteiger partial charge in [0.05, 0.1) is 12.3 Å². The van der Waals surface area contributed by atoms with Gasteiger partial charge in [-0.3, -0.25) is 4.99 Å². The zero-order valence-corrected chi connectivity index (χ0v) is 9.79. The Balaban J connectivity index is 2.53. The van der Waals surface area contributed by atoms with Crippen molar-refractivity contribution in [2.24, 2.45) is 4.99 Å². The van der Waals surface area contributed by atoms with Crippen LogP contribution in [0.25, 0.3) is 0 Å². The summed E-state index contributed by atoms with van der Waals surface area (Å²) in [5.41, 5.74) is 2.05. The van der Waals surface area contributed by atoms with Crippen LogP contribution in [-0.2, 0) is 0 Å². The first kappa shape index (κ1) is 11.8. The maximum absolute atomic E-state index is 5.56. The number of hydrogen-bond donors (Lipinski definition) is 0. The summed E-state index contributed by atoms with van der Waals surface area (Å²) in [7, 11) is 0. The molecule has 0 aliphatic carbocycles. The van der Waals surface area contributed by atoms with Crippen molar-refractivity contribution < 1.29 is 4.74 Å². The Hall–Kier alpha value is -1.31. The molecule has 82 valence electrons. The Morgan fingerprint density at radius 2 is 1.87 bits per heavy atom. The fourth-order valence-corrected chi connectivity index (χ4v) is 1.21. The molecular formula is C13H19NO. The summed E-state index contributed by atoms with van der Waals surface area (Å²) in [5.74, 6) is 0.927. The smallest absolute Gasteiger partial charge is 0.119 e. The van der Waals surface area contributed by atoms with E-state index in [1.54, 1.807) is 0 Å². The second-order valence-electron chi connectivity index (χ2n) is 3.75. The van der Waals surface area contributed by atoms with Crippen molar-refractivity contribution in [3.63, 3.8) is 0 Å². The first-order valence-corrected chi connectivity index (χ1v) is 5.47. The molecule has 0 amide bonds. The van der Waals surface area contributed by atoms with E-state index in [0.29, 0.717) is 0 Å². The Labute approximate surface area is 92.0 Å². The largest absolute Gasteiger partial charge is 0.494 e. The van der Waals surface area contributed by atoms with Gasteiger partial charge in [-0.25, -0.2) is 0 Å². The number of benzene rings is 1. The number of rotatable bonds is 5. The van der Waals surface area contributed by atoms with E-state index in [1.165, 1.54) is 0 Å². The lowest BCUT2D eigenvalue weighted by atomic mass is 10.3. The first-order chi connectivity index (χ1) is 7.22. The summed E-state index contributed by atoms with van der Waals surface area (Å²) in [4.78, 5) is 4.36. The quantitative estimate of drug-likeness (QED) is 0.526. The lowest BCUT2D eigenvalue weighted by Gasteiger charge is -2.04. The molecular weight excluding hydrogens is 186 g/mol. The average Bonchev–Trinajstić information content (AvgIpc) is 2.20. The summed E-state index contributed by atoms with van der Waals surface area (Å²) in [6, 6.07) is 7.90. The second kappa shape index (κ2) is 6.23. The van der Waals surface area contributed by atoms with Gasteiger partial charge in [-0.1, -0.05) is 13.3 Å². The highest BCUT2D eigenvalue weighted by atomic mass is 16.5. The molecule has 0 atom stereocenters. The third kappa shape index (κ3) is 4.63. The molecule has 0 unspecified atom stereocenters. The monoisotopic (exact) mass is 205 g/mol. The molecule has 0 saturated heterocycles. The van der Waals surface area contributed by atoms with Crippen LogP contribution >= 0.6 is 0 Å². The number of nitrogens with zero attached hydrogens (tertiary/aromatic N) is 1. The topological polar surface area (TPSA) is 21.6 Å². The second-order valence-corrected chi connectivity index (χ2v) is 3.75. The Kier molecular flexibility index (Phi) is 4.88. The molecule has 2 heteroatoms. The van der Waals surface area contributed by atoms with E-state index in [9.17, 15) is 0 Å². The zero-order valence-electron chi connectivity index (χ0n) is 9.79. The fourth-order valence-electron chi connectivity index (χ4n) is 1.21. The Bertz CT molecular complexity index is 310. The molecule has 0 radical (unpaired) electrons. The molecule has 1 rings (SSSR count). The normalized spacial score (nSPS) is 9.80. The Morgan fingerprint density at radius 3 is 2.40 bits per heavy atom. The van der Waals surface area contributed by atoms with Crippen molar-refractivity contribution >= 4 is 11.4 Å². The minimum atomic E-state index is 0.798. The average molecular weight is 205 g/mol. The fraction of sp³-hybridized carbons (Fsp3) is 0.462. The number of aliphatic imine (C=N–C) groups is 1. The van der Waals surface area contributed by atoms with Crippen molar-refractivity contribution in [2.45, 2.75) is 33.6 Å². The lowest BCUT2D eigenvalue weighted by Crippen LogP contribution is -1.95. The molecule has 0 N–H and O–H groups in total. The SMILES string of the molecule is CCCCOc1ccc(N=C(C)C)cc1. The van der Waals surface area contributed by atoms with Gasteiger partial charge in [-0.05, 0) is 44.5 Å². The summed E-state index contributed by atoms with van der Waals surface area (Å²) < 4.78 is 5.56. The van der Waals surface area contributed by atoms with Gasteiger partial charge >= 0.3 is 0 Å². The number of ether oxygens (including phenoxy) is 1. The summed E-state index contributed by atoms with van der Waals surface area (Å²) >= 11 is 0. The van der Waals surface area contributed by atoms with Crippen molar-refractivity contribution in [1.29, 1.82) is 0 Å². The van der Waals surface area contributed by atoms with Gasteiger partial charge in [0.2, 0.25) is 0 Å². The van der Waals surface area contributed by atoms with E-state index in [4.69, 9.17) is 4.74 Å². The molecule has 0 aliphatic heterocycles. The lowest BCUT2D eigenvalue weighted by molar-refractivity contribution is 0.309. The van der Waals surface area contributed by atoms with Crippen LogP contribution in [-0.4, -0.2) is 12.3 Å². The van der Waals surface area contributed by atoms with E-state index >= 15 is 0 Å². The van der Waals surface area contributed by atoms with Gasteiger partial charge in [0, 0.05) is 5.71 Å². The van der Waals surface area contributed by atoms with E-state index in [2.05, 4.69) is 11.9 Å². The highest BCUT2D eigenvalue weighted by Crippen LogP contribution is 2.18. The zero-order chi connectivity index (χ0) is 11.1. The van der Waals surface area contributed by atoms with Crippen molar-refractivity contribution in [3.05, 3.63) is 24.3 Å². The molecule has 2 nitrogen and oxygen atoms in total. The van der Waals surface area contributed by atoms with Gasteiger partial charge in [-0.2, -0.15) is 0 Å².